The van der Waals surface area contributed by atoms with Gasteiger partial charge in [-0.3, -0.25) is 10.8 Å². The number of hydrogen-bond donors (Lipinski definition) is 2. The first kappa shape index (κ1) is 6.77. The third kappa shape index (κ3) is 1.33. The maximum atomic E-state index is 5.13. The topological polar surface area (TPSA) is 50.9 Å². The molecule has 0 spiro atoms. The fourth-order valence-corrected chi connectivity index (χ4v) is 0.636. The van der Waals surface area contributed by atoms with E-state index in [-0.39, 0.29) is 0 Å². The van der Waals surface area contributed by atoms with Crippen molar-refractivity contribution < 1.29 is 0 Å². The van der Waals surface area contributed by atoms with E-state index in [0.29, 0.717) is 5.70 Å². The highest BCUT2D eigenvalue weighted by atomic mass is 18.1. The van der Waals surface area contributed by atoms with Crippen LogP contribution >= 0.6 is 0 Å². The molecule has 1 aromatic rings. The summed E-state index contributed by atoms with van der Waals surface area (Å²) in [5.74, 6) is 5.13. The van der Waals surface area contributed by atoms with Gasteiger partial charge in [-0.05, 0) is 12.1 Å². The standard InChI is InChI=1S/C7H9N3/c1-6(10-8)7-2-4-9-5-3-7/h2-5,10H,1,8H2/i1+6,6+1,8+1,10+1. The second kappa shape index (κ2) is 2.98. The molecular weight excluding hydrogens is 135 g/mol. The highest BCUT2D eigenvalue weighted by Gasteiger charge is 1.91. The van der Waals surface area contributed by atoms with Crippen LogP contribution in [0.5, 0.6) is 0 Å². The fraction of sp³-hybridized carbons (Fsp3) is 0. The second-order valence-electron chi connectivity index (χ2n) is 1.86. The SMILES string of the molecule is [18CH2]=[13C]([15NH][15NH2])c1ccncc1. The van der Waals surface area contributed by atoms with E-state index in [1.165, 1.54) is 0 Å². The van der Waals surface area contributed by atoms with Gasteiger partial charge in [-0.2, -0.15) is 0 Å². The van der Waals surface area contributed by atoms with Crippen LogP contribution in [-0.4, -0.2) is 4.98 Å². The number of nitrogens with two attached hydrogens (primary N) is 1. The molecule has 3 heteroatoms. The van der Waals surface area contributed by atoms with Crippen molar-refractivity contribution in [1.82, 2.24) is 10.4 Å². The van der Waals surface area contributed by atoms with E-state index in [9.17, 15) is 0 Å². The molecule has 0 unspecified atom stereocenters. The molecule has 3 nitrogen and oxygen atoms in total. The summed E-state index contributed by atoms with van der Waals surface area (Å²) in [6, 6.07) is 3.67. The molecule has 1 rings (SSSR count). The summed E-state index contributed by atoms with van der Waals surface area (Å²) in [5.41, 5.74) is 4.11. The summed E-state index contributed by atoms with van der Waals surface area (Å²) in [4.78, 5) is 3.85. The van der Waals surface area contributed by atoms with Crippen molar-refractivity contribution in [3.05, 3.63) is 36.7 Å². The molecule has 0 aromatic carbocycles. The molecule has 0 fully saturated rings. The minimum atomic E-state index is 0.697. The molecule has 0 aliphatic heterocycles. The minimum absolute atomic E-state index is 0.697. The number of pyridine rings is 1. The smallest absolute Gasteiger partial charge is 0.0486 e. The molecule has 10 heavy (non-hydrogen) atoms. The summed E-state index contributed by atoms with van der Waals surface area (Å²) in [5, 5.41) is 0. The van der Waals surface area contributed by atoms with Crippen LogP contribution in [0.25, 0.3) is 5.70 Å². The molecule has 0 saturated heterocycles. The quantitative estimate of drug-likeness (QED) is 0.275. The van der Waals surface area contributed by atoms with E-state index in [4.69, 9.17) is 5.84 Å². The molecule has 0 saturated carbocycles. The lowest BCUT2D eigenvalue weighted by atomic mass is 10.4. The van der Waals surface area contributed by atoms with Crippen LogP contribution in [-0.2, 0) is 0 Å². The van der Waals surface area contributed by atoms with Gasteiger partial charge in [-0.25, -0.2) is 0 Å². The van der Waals surface area contributed by atoms with E-state index in [0.717, 1.165) is 5.56 Å². The van der Waals surface area contributed by atoms with Gasteiger partial charge in [0, 0.05) is 23.7 Å². The highest BCUT2D eigenvalue weighted by Crippen LogP contribution is 2.04. The molecule has 1 heterocycles. The van der Waals surface area contributed by atoms with Crippen molar-refractivity contribution in [2.24, 2.45) is 5.84 Å². The van der Waals surface area contributed by atoms with Gasteiger partial charge in [0.05, 0.1) is 0 Å². The zero-order valence-corrected chi connectivity index (χ0v) is 5.54. The number of hydrazine groups is 1. The van der Waals surface area contributed by atoms with Crippen LogP contribution in [0.2, 0.25) is 0 Å². The summed E-state index contributed by atoms with van der Waals surface area (Å²) in [7, 11) is 0. The van der Waals surface area contributed by atoms with E-state index < -0.39 is 0 Å². The first-order valence-corrected chi connectivity index (χ1v) is 2.90. The van der Waals surface area contributed by atoms with Crippen LogP contribution in [0.15, 0.2) is 31.1 Å². The van der Waals surface area contributed by atoms with E-state index in [1.807, 2.05) is 12.1 Å². The molecule has 0 bridgehead atoms. The molecule has 0 atom stereocenters. The van der Waals surface area contributed by atoms with Crippen LogP contribution in [0.1, 0.15) is 5.56 Å². The van der Waals surface area contributed by atoms with Crippen LogP contribution in [0.3, 0.4) is 0 Å². The van der Waals surface area contributed by atoms with Crippen molar-refractivity contribution in [2.45, 2.75) is 0 Å². The molecule has 1 aromatic heterocycles. The van der Waals surface area contributed by atoms with Crippen LogP contribution in [0, 0.1) is 0 Å². The highest BCUT2D eigenvalue weighted by molar-refractivity contribution is 5.60. The minimum Gasteiger partial charge on any atom is -0.324 e. The summed E-state index contributed by atoms with van der Waals surface area (Å²) in [6.07, 6.45) is 3.38. The predicted octanol–water partition coefficient (Wildman–Crippen LogP) is 0.516. The average Bonchev–Trinajstić information content (AvgIpc) is 2.05. The summed E-state index contributed by atoms with van der Waals surface area (Å²) >= 11 is 0. The van der Waals surface area contributed by atoms with Gasteiger partial charge in [0.25, 0.3) is 0 Å². The van der Waals surface area contributed by atoms with E-state index >= 15 is 0 Å². The first-order valence-electron chi connectivity index (χ1n) is 2.90. The molecule has 0 amide bonds. The first-order chi connectivity index (χ1) is 4.84. The fourth-order valence-electron chi connectivity index (χ4n) is 0.636. The summed E-state index contributed by atoms with van der Waals surface area (Å²) in [6.45, 7) is 3.68. The molecule has 0 aliphatic carbocycles. The average molecular weight is 144 g/mol. The third-order valence-electron chi connectivity index (χ3n) is 1.20. The molecule has 52 valence electrons. The number of nitrogens with zero attached hydrogens (tertiary/aromatic N) is 1. The Bertz CT molecular complexity index is 218. The normalized spacial score (nSPS) is 8.90. The lowest BCUT2D eigenvalue weighted by Crippen LogP contribution is -2.18. The van der Waals surface area contributed by atoms with Crippen LogP contribution in [0.4, 0.5) is 0 Å². The van der Waals surface area contributed by atoms with Crippen molar-refractivity contribution in [2.75, 3.05) is 0 Å². The van der Waals surface area contributed by atoms with Gasteiger partial charge in [-0.1, -0.05) is 6.58 Å². The summed E-state index contributed by atoms with van der Waals surface area (Å²) < 4.78 is 0. The Morgan fingerprint density at radius 2 is 2.10 bits per heavy atom. The van der Waals surface area contributed by atoms with Crippen molar-refractivity contribution in [3.8, 4) is 0 Å². The van der Waals surface area contributed by atoms with Gasteiger partial charge in [0.1, 0.15) is 0 Å². The Labute approximate surface area is 59.6 Å². The number of hydrogen-bond acceptors (Lipinski definition) is 3. The second-order valence-corrected chi connectivity index (χ2v) is 1.86. The van der Waals surface area contributed by atoms with Gasteiger partial charge >= 0.3 is 0 Å². The molecular formula is C7H9N3. The number of nitrogens with one attached hydrogen (secondary N) is 1. The van der Waals surface area contributed by atoms with Gasteiger partial charge in [0.2, 0.25) is 0 Å². The van der Waals surface area contributed by atoms with Crippen molar-refractivity contribution in [1.29, 1.82) is 0 Å². The van der Waals surface area contributed by atoms with Crippen LogP contribution < -0.4 is 11.3 Å². The van der Waals surface area contributed by atoms with Crippen molar-refractivity contribution >= 4 is 5.70 Å². The molecule has 3 N–H and O–H groups in total. The number of rotatable bonds is 2. The Morgan fingerprint density at radius 3 is 2.60 bits per heavy atom. The Balaban J connectivity index is 2.85. The monoisotopic (exact) mass is 144 g/mol. The Morgan fingerprint density at radius 1 is 1.50 bits per heavy atom. The van der Waals surface area contributed by atoms with Gasteiger partial charge in [0.15, 0.2) is 0 Å². The lowest BCUT2D eigenvalue weighted by Gasteiger charge is -2.01. The maximum Gasteiger partial charge on any atom is 0.0486 e. The maximum absolute atomic E-state index is 5.13. The lowest BCUT2D eigenvalue weighted by molar-refractivity contribution is 0.994. The predicted molar refractivity (Wildman–Crippen MR) is 40.6 cm³/mol. The molecule has 0 radical (unpaired) electrons. The molecule has 0 aliphatic rings. The largest absolute Gasteiger partial charge is 0.324 e. The Kier molecular flexibility index (Phi) is 2.02. The zero-order valence-electron chi connectivity index (χ0n) is 5.54. The Hall–Kier alpha value is -1.35. The van der Waals surface area contributed by atoms with Gasteiger partial charge in [-0.15, -0.1) is 0 Å². The number of aromatic nitrogens is 1. The zero-order chi connectivity index (χ0) is 7.40. The van der Waals surface area contributed by atoms with E-state index in [2.05, 4.69) is 17.0 Å². The van der Waals surface area contributed by atoms with Crippen molar-refractivity contribution in [3.63, 3.8) is 0 Å². The van der Waals surface area contributed by atoms with E-state index in [1.54, 1.807) is 12.4 Å². The third-order valence-corrected chi connectivity index (χ3v) is 1.20. The van der Waals surface area contributed by atoms with Gasteiger partial charge < -0.3 is 5.43 Å².